The second-order valence-electron chi connectivity index (χ2n) is 3.88. The Bertz CT molecular complexity index is 325. The smallest absolute Gasteiger partial charge is 0.0608 e. The summed E-state index contributed by atoms with van der Waals surface area (Å²) in [6.07, 6.45) is 0. The Hall–Kier alpha value is -0.510. The number of benzene rings is 1. The monoisotopic (exact) mass is 223 g/mol. The molecule has 0 radical (unpaired) electrons. The van der Waals surface area contributed by atoms with Crippen molar-refractivity contribution in [3.05, 3.63) is 35.4 Å². The molecule has 15 heavy (non-hydrogen) atoms. The summed E-state index contributed by atoms with van der Waals surface area (Å²) in [6.45, 7) is 4.61. The van der Waals surface area contributed by atoms with Crippen molar-refractivity contribution in [2.45, 2.75) is 17.4 Å². The van der Waals surface area contributed by atoms with E-state index in [1.54, 1.807) is 0 Å². The zero-order valence-electron chi connectivity index (χ0n) is 8.98. The molecule has 0 amide bonds. The number of hydrogen-bond acceptors (Lipinski definition) is 3. The second-order valence-corrected chi connectivity index (χ2v) is 5.38. The highest BCUT2D eigenvalue weighted by molar-refractivity contribution is 8.00. The predicted octanol–water partition coefficient (Wildman–Crippen LogP) is 2.13. The summed E-state index contributed by atoms with van der Waals surface area (Å²) in [5, 5.41) is 1.05. The Kier molecular flexibility index (Phi) is 3.67. The Labute approximate surface area is 95.2 Å². The number of hydrogen-bond donors (Lipinski definition) is 1. The van der Waals surface area contributed by atoms with E-state index in [9.17, 15) is 0 Å². The van der Waals surface area contributed by atoms with Crippen LogP contribution in [-0.4, -0.2) is 25.0 Å². The summed E-state index contributed by atoms with van der Waals surface area (Å²) >= 11 is 1.95. The lowest BCUT2D eigenvalue weighted by Gasteiger charge is -2.29. The minimum absolute atomic E-state index is 0.417. The Morgan fingerprint density at radius 3 is 2.73 bits per heavy atom. The maximum atomic E-state index is 5.84. The normalized spacial score (nSPS) is 18.5. The molecule has 0 spiro atoms. The lowest BCUT2D eigenvalue weighted by atomic mass is 10.1. The molecule has 1 saturated heterocycles. The van der Waals surface area contributed by atoms with Gasteiger partial charge in [-0.25, -0.2) is 0 Å². The number of aryl methyl sites for hydroxylation is 1. The minimum atomic E-state index is 0.417. The highest BCUT2D eigenvalue weighted by atomic mass is 32.2. The maximum absolute atomic E-state index is 5.84. The molecule has 2 rings (SSSR count). The van der Waals surface area contributed by atoms with Crippen LogP contribution in [0.5, 0.6) is 0 Å². The molecule has 3 heteroatoms. The standard InChI is InChI=1S/C12H17NOS/c1-9-4-2-3-5-11(9)12(6-13)15-10-7-14-8-10/h2-5,10,12H,6-8,13H2,1H3. The van der Waals surface area contributed by atoms with Crippen molar-refractivity contribution < 1.29 is 4.74 Å². The molecule has 82 valence electrons. The number of nitrogens with two attached hydrogens (primary N) is 1. The van der Waals surface area contributed by atoms with Crippen LogP contribution >= 0.6 is 11.8 Å². The van der Waals surface area contributed by atoms with Crippen LogP contribution in [0.2, 0.25) is 0 Å². The van der Waals surface area contributed by atoms with Crippen molar-refractivity contribution in [3.8, 4) is 0 Å². The van der Waals surface area contributed by atoms with Gasteiger partial charge >= 0.3 is 0 Å². The molecule has 0 bridgehead atoms. The first kappa shape index (κ1) is 11.0. The molecule has 1 heterocycles. The Morgan fingerprint density at radius 2 is 2.20 bits per heavy atom. The van der Waals surface area contributed by atoms with Crippen molar-refractivity contribution in [1.29, 1.82) is 0 Å². The first-order chi connectivity index (χ1) is 7.31. The second kappa shape index (κ2) is 5.01. The van der Waals surface area contributed by atoms with Crippen molar-refractivity contribution in [2.75, 3.05) is 19.8 Å². The molecule has 0 aromatic heterocycles. The van der Waals surface area contributed by atoms with Crippen molar-refractivity contribution in [2.24, 2.45) is 5.73 Å². The average molecular weight is 223 g/mol. The summed E-state index contributed by atoms with van der Waals surface area (Å²) in [7, 11) is 0. The molecule has 2 N–H and O–H groups in total. The molecule has 0 saturated carbocycles. The maximum Gasteiger partial charge on any atom is 0.0608 e. The molecular formula is C12H17NOS. The van der Waals surface area contributed by atoms with Gasteiger partial charge in [-0.05, 0) is 18.1 Å². The van der Waals surface area contributed by atoms with Gasteiger partial charge in [0.25, 0.3) is 0 Å². The molecule has 0 aliphatic carbocycles. The van der Waals surface area contributed by atoms with Gasteiger partial charge in [0.1, 0.15) is 0 Å². The molecule has 1 aromatic rings. The van der Waals surface area contributed by atoms with Crippen LogP contribution in [-0.2, 0) is 4.74 Å². The lowest BCUT2D eigenvalue weighted by Crippen LogP contribution is -2.32. The minimum Gasteiger partial charge on any atom is -0.379 e. The van der Waals surface area contributed by atoms with E-state index in [1.165, 1.54) is 11.1 Å². The average Bonchev–Trinajstić information content (AvgIpc) is 2.19. The number of rotatable bonds is 4. The zero-order chi connectivity index (χ0) is 10.7. The molecule has 1 unspecified atom stereocenters. The van der Waals surface area contributed by atoms with Gasteiger partial charge in [-0.1, -0.05) is 24.3 Å². The summed E-state index contributed by atoms with van der Waals surface area (Å²) in [4.78, 5) is 0. The third-order valence-corrected chi connectivity index (χ3v) is 4.15. The van der Waals surface area contributed by atoms with Gasteiger partial charge in [0.05, 0.1) is 18.5 Å². The molecule has 1 fully saturated rings. The van der Waals surface area contributed by atoms with E-state index < -0.39 is 0 Å². The topological polar surface area (TPSA) is 35.2 Å². The summed E-state index contributed by atoms with van der Waals surface area (Å²) < 4.78 is 5.18. The molecule has 1 aliphatic heterocycles. The van der Waals surface area contributed by atoms with Crippen LogP contribution in [0.25, 0.3) is 0 Å². The van der Waals surface area contributed by atoms with Gasteiger partial charge in [-0.15, -0.1) is 11.8 Å². The van der Waals surface area contributed by atoms with Gasteiger partial charge in [-0.2, -0.15) is 0 Å². The Morgan fingerprint density at radius 1 is 1.47 bits per heavy atom. The van der Waals surface area contributed by atoms with E-state index >= 15 is 0 Å². The molecular weight excluding hydrogens is 206 g/mol. The van der Waals surface area contributed by atoms with E-state index in [4.69, 9.17) is 10.5 Å². The highest BCUT2D eigenvalue weighted by Gasteiger charge is 2.24. The van der Waals surface area contributed by atoms with Crippen molar-refractivity contribution in [3.63, 3.8) is 0 Å². The van der Waals surface area contributed by atoms with Gasteiger partial charge in [0.15, 0.2) is 0 Å². The summed E-state index contributed by atoms with van der Waals surface area (Å²) in [6, 6.07) is 8.49. The molecule has 1 aliphatic rings. The highest BCUT2D eigenvalue weighted by Crippen LogP contribution is 2.35. The van der Waals surface area contributed by atoms with Gasteiger partial charge in [-0.3, -0.25) is 0 Å². The van der Waals surface area contributed by atoms with Gasteiger partial charge < -0.3 is 10.5 Å². The fourth-order valence-corrected chi connectivity index (χ4v) is 3.07. The largest absolute Gasteiger partial charge is 0.379 e. The first-order valence-electron chi connectivity index (χ1n) is 5.30. The van der Waals surface area contributed by atoms with E-state index in [0.29, 0.717) is 17.0 Å². The van der Waals surface area contributed by atoms with Crippen LogP contribution in [0.3, 0.4) is 0 Å². The van der Waals surface area contributed by atoms with E-state index in [2.05, 4.69) is 31.2 Å². The van der Waals surface area contributed by atoms with Crippen LogP contribution in [0.4, 0.5) is 0 Å². The summed E-state index contributed by atoms with van der Waals surface area (Å²) in [5.41, 5.74) is 8.55. The first-order valence-corrected chi connectivity index (χ1v) is 6.24. The third kappa shape index (κ3) is 2.54. The third-order valence-electron chi connectivity index (χ3n) is 2.71. The van der Waals surface area contributed by atoms with Crippen LogP contribution in [0, 0.1) is 6.92 Å². The fraction of sp³-hybridized carbons (Fsp3) is 0.500. The van der Waals surface area contributed by atoms with E-state index in [0.717, 1.165) is 13.2 Å². The van der Waals surface area contributed by atoms with Crippen molar-refractivity contribution >= 4 is 11.8 Å². The van der Waals surface area contributed by atoms with Crippen LogP contribution in [0.15, 0.2) is 24.3 Å². The lowest BCUT2D eigenvalue weighted by molar-refractivity contribution is 0.0453. The van der Waals surface area contributed by atoms with E-state index in [-0.39, 0.29) is 0 Å². The molecule has 1 aromatic carbocycles. The number of thioether (sulfide) groups is 1. The summed E-state index contributed by atoms with van der Waals surface area (Å²) in [5.74, 6) is 0. The zero-order valence-corrected chi connectivity index (χ0v) is 9.80. The number of ether oxygens (including phenoxy) is 1. The Balaban J connectivity index is 2.07. The SMILES string of the molecule is Cc1ccccc1C(CN)SC1COC1. The van der Waals surface area contributed by atoms with Crippen LogP contribution < -0.4 is 5.73 Å². The quantitative estimate of drug-likeness (QED) is 0.849. The van der Waals surface area contributed by atoms with E-state index in [1.807, 2.05) is 11.8 Å². The van der Waals surface area contributed by atoms with Crippen molar-refractivity contribution in [1.82, 2.24) is 0 Å². The fourth-order valence-electron chi connectivity index (χ4n) is 1.73. The van der Waals surface area contributed by atoms with Gasteiger partial charge in [0, 0.05) is 11.8 Å². The van der Waals surface area contributed by atoms with Crippen LogP contribution in [0.1, 0.15) is 16.4 Å². The molecule has 1 atom stereocenters. The predicted molar refractivity (Wildman–Crippen MR) is 65.2 cm³/mol. The molecule has 2 nitrogen and oxygen atoms in total. The van der Waals surface area contributed by atoms with Gasteiger partial charge in [0.2, 0.25) is 0 Å².